The van der Waals surface area contributed by atoms with Crippen LogP contribution in [0.2, 0.25) is 0 Å². The smallest absolute Gasteiger partial charge is 0.102 e. The molecule has 3 heteroatoms. The third kappa shape index (κ3) is 2.04. The lowest BCUT2D eigenvalue weighted by Crippen LogP contribution is -2.09. The van der Waals surface area contributed by atoms with E-state index in [2.05, 4.69) is 54.3 Å². The fraction of sp³-hybridized carbons (Fsp3) is 0.615. The van der Waals surface area contributed by atoms with Crippen molar-refractivity contribution in [2.24, 2.45) is 0 Å². The average Bonchev–Trinajstić information content (AvgIpc) is 2.49. The Hall–Kier alpha value is -0.750. The molecule has 0 saturated carbocycles. The Balaban J connectivity index is 3.52. The molecule has 2 nitrogen and oxygen atoms in total. The molecule has 0 saturated heterocycles. The Kier molecular flexibility index (Phi) is 4.21. The van der Waals surface area contributed by atoms with Gasteiger partial charge in [0.15, 0.2) is 0 Å². The predicted octanol–water partition coefficient (Wildman–Crippen LogP) is 4.53. The molecular weight excluding hydrogens is 264 g/mol. The van der Waals surface area contributed by atoms with Crippen LogP contribution in [-0.2, 0) is 0 Å². The van der Waals surface area contributed by atoms with Crippen LogP contribution in [0.25, 0.3) is 0 Å². The van der Waals surface area contributed by atoms with E-state index < -0.39 is 0 Å². The molecule has 1 unspecified atom stereocenters. The minimum atomic E-state index is 0.391. The Bertz CT molecular complexity index is 424. The fourth-order valence-electron chi connectivity index (χ4n) is 2.14. The maximum Gasteiger partial charge on any atom is 0.102 e. The second-order valence-corrected chi connectivity index (χ2v) is 5.34. The number of nitrogens with zero attached hydrogens (tertiary/aromatic N) is 2. The molecule has 88 valence electrons. The summed E-state index contributed by atoms with van der Waals surface area (Å²) in [5, 5.41) is 9.18. The van der Waals surface area contributed by atoms with E-state index in [9.17, 15) is 5.26 Å². The van der Waals surface area contributed by atoms with Crippen molar-refractivity contribution >= 4 is 15.9 Å². The minimum Gasteiger partial charge on any atom is -0.344 e. The van der Waals surface area contributed by atoms with Gasteiger partial charge < -0.3 is 4.57 Å². The second kappa shape index (κ2) is 5.05. The summed E-state index contributed by atoms with van der Waals surface area (Å²) < 4.78 is 3.26. The molecule has 0 N–H and O–H groups in total. The van der Waals surface area contributed by atoms with E-state index in [1.54, 1.807) is 0 Å². The molecule has 0 amide bonds. The molecule has 0 spiro atoms. The third-order valence-electron chi connectivity index (χ3n) is 3.13. The molecule has 1 atom stereocenters. The highest BCUT2D eigenvalue weighted by Gasteiger charge is 2.22. The largest absolute Gasteiger partial charge is 0.344 e. The van der Waals surface area contributed by atoms with Crippen molar-refractivity contribution in [3.63, 3.8) is 0 Å². The van der Waals surface area contributed by atoms with Crippen molar-refractivity contribution in [1.29, 1.82) is 5.26 Å². The zero-order chi connectivity index (χ0) is 12.5. The van der Waals surface area contributed by atoms with Crippen LogP contribution >= 0.6 is 15.9 Å². The van der Waals surface area contributed by atoms with Gasteiger partial charge in [-0.05, 0) is 49.0 Å². The highest BCUT2D eigenvalue weighted by Crippen LogP contribution is 2.36. The van der Waals surface area contributed by atoms with Crippen molar-refractivity contribution in [3.8, 4) is 6.07 Å². The van der Waals surface area contributed by atoms with Gasteiger partial charge in [-0.3, -0.25) is 0 Å². The van der Waals surface area contributed by atoms with E-state index >= 15 is 0 Å². The van der Waals surface area contributed by atoms with Crippen LogP contribution < -0.4 is 0 Å². The molecule has 1 rings (SSSR count). The standard InChI is InChI=1S/C13H19BrN2/c1-6-9(4)13-12(14)11(7-15)10(5)16(13)8(2)3/h8-9H,6H2,1-5H3. The summed E-state index contributed by atoms with van der Waals surface area (Å²) in [5.74, 6) is 0.470. The van der Waals surface area contributed by atoms with E-state index in [0.29, 0.717) is 12.0 Å². The van der Waals surface area contributed by atoms with Gasteiger partial charge in [0.25, 0.3) is 0 Å². The lowest BCUT2D eigenvalue weighted by molar-refractivity contribution is 0.532. The van der Waals surface area contributed by atoms with Crippen LogP contribution in [0, 0.1) is 18.3 Å². The topological polar surface area (TPSA) is 28.7 Å². The number of hydrogen-bond acceptors (Lipinski definition) is 1. The van der Waals surface area contributed by atoms with E-state index in [-0.39, 0.29) is 0 Å². The van der Waals surface area contributed by atoms with Crippen molar-refractivity contribution < 1.29 is 0 Å². The first-order valence-corrected chi connectivity index (χ1v) is 6.55. The van der Waals surface area contributed by atoms with Gasteiger partial charge in [0.1, 0.15) is 6.07 Å². The molecule has 0 aliphatic carbocycles. The van der Waals surface area contributed by atoms with Crippen molar-refractivity contribution in [3.05, 3.63) is 21.4 Å². The fourth-order valence-corrected chi connectivity index (χ4v) is 3.09. The highest BCUT2D eigenvalue weighted by atomic mass is 79.9. The minimum absolute atomic E-state index is 0.391. The van der Waals surface area contributed by atoms with Gasteiger partial charge in [-0.25, -0.2) is 0 Å². The zero-order valence-electron chi connectivity index (χ0n) is 10.6. The first kappa shape index (κ1) is 13.3. The van der Waals surface area contributed by atoms with Crippen LogP contribution in [0.4, 0.5) is 0 Å². The first-order chi connectivity index (χ1) is 7.45. The summed E-state index contributed by atoms with van der Waals surface area (Å²) in [6.45, 7) is 10.7. The van der Waals surface area contributed by atoms with Gasteiger partial charge in [0, 0.05) is 17.4 Å². The van der Waals surface area contributed by atoms with E-state index in [1.165, 1.54) is 5.69 Å². The molecule has 1 heterocycles. The summed E-state index contributed by atoms with van der Waals surface area (Å²) in [5.41, 5.74) is 3.11. The molecular formula is C13H19BrN2. The van der Waals surface area contributed by atoms with Gasteiger partial charge in [-0.2, -0.15) is 5.26 Å². The van der Waals surface area contributed by atoms with Gasteiger partial charge in [0.05, 0.1) is 10.0 Å². The van der Waals surface area contributed by atoms with Crippen molar-refractivity contribution in [1.82, 2.24) is 4.57 Å². The van der Waals surface area contributed by atoms with Crippen LogP contribution in [0.15, 0.2) is 4.47 Å². The number of hydrogen-bond donors (Lipinski definition) is 0. The van der Waals surface area contributed by atoms with E-state index in [1.807, 2.05) is 6.92 Å². The maximum absolute atomic E-state index is 9.18. The highest BCUT2D eigenvalue weighted by molar-refractivity contribution is 9.10. The molecule has 1 aromatic rings. The molecule has 1 aromatic heterocycles. The molecule has 0 fully saturated rings. The molecule has 0 aliphatic heterocycles. The Labute approximate surface area is 106 Å². The summed E-state index contributed by atoms with van der Waals surface area (Å²) in [6.07, 6.45) is 1.08. The zero-order valence-corrected chi connectivity index (χ0v) is 12.2. The number of aromatic nitrogens is 1. The maximum atomic E-state index is 9.18. The van der Waals surface area contributed by atoms with Crippen LogP contribution in [0.3, 0.4) is 0 Å². The number of nitriles is 1. The molecule has 16 heavy (non-hydrogen) atoms. The first-order valence-electron chi connectivity index (χ1n) is 5.75. The quantitative estimate of drug-likeness (QED) is 0.801. The summed E-state index contributed by atoms with van der Waals surface area (Å²) in [4.78, 5) is 0. The lowest BCUT2D eigenvalue weighted by Gasteiger charge is -2.19. The predicted molar refractivity (Wildman–Crippen MR) is 70.7 cm³/mol. The van der Waals surface area contributed by atoms with Crippen LogP contribution in [0.5, 0.6) is 0 Å². The van der Waals surface area contributed by atoms with Crippen molar-refractivity contribution in [2.45, 2.75) is 53.0 Å². The van der Waals surface area contributed by atoms with E-state index in [0.717, 1.165) is 22.2 Å². The molecule has 0 aliphatic rings. The lowest BCUT2D eigenvalue weighted by atomic mass is 10.0. The monoisotopic (exact) mass is 282 g/mol. The molecule has 0 aromatic carbocycles. The molecule has 0 bridgehead atoms. The summed E-state index contributed by atoms with van der Waals surface area (Å²) >= 11 is 3.58. The Morgan fingerprint density at radius 1 is 1.38 bits per heavy atom. The van der Waals surface area contributed by atoms with Gasteiger partial charge >= 0.3 is 0 Å². The van der Waals surface area contributed by atoms with Gasteiger partial charge in [-0.15, -0.1) is 0 Å². The number of rotatable bonds is 3. The second-order valence-electron chi connectivity index (χ2n) is 4.54. The third-order valence-corrected chi connectivity index (χ3v) is 3.94. The SMILES string of the molecule is CCC(C)c1c(Br)c(C#N)c(C)n1C(C)C. The van der Waals surface area contributed by atoms with Gasteiger partial charge in [-0.1, -0.05) is 13.8 Å². The van der Waals surface area contributed by atoms with E-state index in [4.69, 9.17) is 0 Å². The average molecular weight is 283 g/mol. The van der Waals surface area contributed by atoms with Crippen LogP contribution in [-0.4, -0.2) is 4.57 Å². The van der Waals surface area contributed by atoms with Crippen molar-refractivity contribution in [2.75, 3.05) is 0 Å². The van der Waals surface area contributed by atoms with Crippen LogP contribution in [0.1, 0.15) is 63.0 Å². The normalized spacial score (nSPS) is 12.9. The summed E-state index contributed by atoms with van der Waals surface area (Å²) in [6, 6.07) is 2.68. The Morgan fingerprint density at radius 2 is 1.94 bits per heavy atom. The number of halogens is 1. The summed E-state index contributed by atoms with van der Waals surface area (Å²) in [7, 11) is 0. The Morgan fingerprint density at radius 3 is 2.31 bits per heavy atom. The molecule has 0 radical (unpaired) electrons. The van der Waals surface area contributed by atoms with Gasteiger partial charge in [0.2, 0.25) is 0 Å².